The highest BCUT2D eigenvalue weighted by molar-refractivity contribution is 5.94. The quantitative estimate of drug-likeness (QED) is 0.859. The second kappa shape index (κ2) is 5.47. The lowest BCUT2D eigenvalue weighted by Gasteiger charge is -2.33. The zero-order chi connectivity index (χ0) is 14.1. The SMILES string of the molecule is CC1CCC(Nc2ccc3c(c2)CCC(=O)N3)CC1C. The molecule has 1 fully saturated rings. The predicted octanol–water partition coefficient (Wildman–Crippen LogP) is 3.81. The lowest BCUT2D eigenvalue weighted by Crippen LogP contribution is -2.30. The van der Waals surface area contributed by atoms with Gasteiger partial charge in [0, 0.05) is 23.8 Å². The van der Waals surface area contributed by atoms with Gasteiger partial charge < -0.3 is 10.6 Å². The topological polar surface area (TPSA) is 41.1 Å². The molecule has 3 nitrogen and oxygen atoms in total. The summed E-state index contributed by atoms with van der Waals surface area (Å²) in [6, 6.07) is 6.92. The summed E-state index contributed by atoms with van der Waals surface area (Å²) in [5.74, 6) is 1.79. The fourth-order valence-electron chi connectivity index (χ4n) is 3.39. The van der Waals surface area contributed by atoms with Gasteiger partial charge in [-0.1, -0.05) is 13.8 Å². The van der Waals surface area contributed by atoms with Gasteiger partial charge in [0.1, 0.15) is 0 Å². The van der Waals surface area contributed by atoms with Crippen LogP contribution < -0.4 is 10.6 Å². The van der Waals surface area contributed by atoms with Crippen LogP contribution in [0.1, 0.15) is 45.1 Å². The molecule has 20 heavy (non-hydrogen) atoms. The van der Waals surface area contributed by atoms with Gasteiger partial charge in [-0.15, -0.1) is 0 Å². The Balaban J connectivity index is 1.68. The molecular formula is C17H24N2O. The van der Waals surface area contributed by atoms with Crippen molar-refractivity contribution in [3.63, 3.8) is 0 Å². The monoisotopic (exact) mass is 272 g/mol. The summed E-state index contributed by atoms with van der Waals surface area (Å²) in [7, 11) is 0. The van der Waals surface area contributed by atoms with Crippen LogP contribution in [0.3, 0.4) is 0 Å². The van der Waals surface area contributed by atoms with Gasteiger partial charge in [0.15, 0.2) is 0 Å². The molecule has 1 aliphatic carbocycles. The summed E-state index contributed by atoms with van der Waals surface area (Å²) in [5.41, 5.74) is 3.44. The average molecular weight is 272 g/mol. The van der Waals surface area contributed by atoms with Crippen LogP contribution in [0.2, 0.25) is 0 Å². The zero-order valence-electron chi connectivity index (χ0n) is 12.4. The standard InChI is InChI=1S/C17H24N2O/c1-11-3-5-14(9-12(11)2)18-15-6-7-16-13(10-15)4-8-17(20)19-16/h6-7,10-12,14,18H,3-5,8-9H2,1-2H3,(H,19,20). The molecule has 1 amide bonds. The van der Waals surface area contributed by atoms with Crippen LogP contribution in [0.15, 0.2) is 18.2 Å². The lowest BCUT2D eigenvalue weighted by atomic mass is 9.79. The molecule has 2 N–H and O–H groups in total. The maximum atomic E-state index is 11.4. The molecule has 0 aromatic heterocycles. The van der Waals surface area contributed by atoms with Crippen molar-refractivity contribution in [1.29, 1.82) is 0 Å². The average Bonchev–Trinajstić information content (AvgIpc) is 2.43. The highest BCUT2D eigenvalue weighted by Gasteiger charge is 2.24. The molecule has 1 saturated carbocycles. The van der Waals surface area contributed by atoms with E-state index in [1.807, 2.05) is 6.07 Å². The number of carbonyl (C=O) groups is 1. The summed E-state index contributed by atoms with van der Waals surface area (Å²) in [6.45, 7) is 4.73. The van der Waals surface area contributed by atoms with Gasteiger partial charge in [0.2, 0.25) is 5.91 Å². The molecule has 0 radical (unpaired) electrons. The number of aryl methyl sites for hydroxylation is 1. The number of fused-ring (bicyclic) bond motifs is 1. The predicted molar refractivity (Wildman–Crippen MR) is 83.0 cm³/mol. The van der Waals surface area contributed by atoms with Crippen molar-refractivity contribution in [3.05, 3.63) is 23.8 Å². The van der Waals surface area contributed by atoms with E-state index in [0.717, 1.165) is 23.9 Å². The van der Waals surface area contributed by atoms with Gasteiger partial charge in [-0.2, -0.15) is 0 Å². The Hall–Kier alpha value is -1.51. The van der Waals surface area contributed by atoms with E-state index in [-0.39, 0.29) is 5.91 Å². The summed E-state index contributed by atoms with van der Waals surface area (Å²) in [4.78, 5) is 11.4. The Morgan fingerprint density at radius 1 is 1.15 bits per heavy atom. The molecule has 2 aliphatic rings. The Kier molecular flexibility index (Phi) is 3.68. The van der Waals surface area contributed by atoms with E-state index in [4.69, 9.17) is 0 Å². The first-order valence-electron chi connectivity index (χ1n) is 7.81. The second-order valence-electron chi connectivity index (χ2n) is 6.53. The maximum Gasteiger partial charge on any atom is 0.224 e. The van der Waals surface area contributed by atoms with E-state index in [1.165, 1.54) is 30.5 Å². The van der Waals surface area contributed by atoms with Crippen LogP contribution in [-0.4, -0.2) is 11.9 Å². The zero-order valence-corrected chi connectivity index (χ0v) is 12.4. The Bertz CT molecular complexity index is 512. The van der Waals surface area contributed by atoms with Crippen LogP contribution in [0, 0.1) is 11.8 Å². The van der Waals surface area contributed by atoms with Gasteiger partial charge in [-0.3, -0.25) is 4.79 Å². The molecule has 108 valence electrons. The molecule has 0 bridgehead atoms. The number of nitrogens with one attached hydrogen (secondary N) is 2. The van der Waals surface area contributed by atoms with Crippen molar-refractivity contribution in [2.75, 3.05) is 10.6 Å². The minimum atomic E-state index is 0.133. The summed E-state index contributed by atoms with van der Waals surface area (Å²) in [6.07, 6.45) is 5.30. The fourth-order valence-corrected chi connectivity index (χ4v) is 3.39. The molecule has 3 unspecified atom stereocenters. The van der Waals surface area contributed by atoms with Crippen molar-refractivity contribution >= 4 is 17.3 Å². The maximum absolute atomic E-state index is 11.4. The van der Waals surface area contributed by atoms with Crippen LogP contribution in [0.5, 0.6) is 0 Å². The minimum absolute atomic E-state index is 0.133. The fraction of sp³-hybridized carbons (Fsp3) is 0.588. The number of amides is 1. The molecule has 3 heteroatoms. The van der Waals surface area contributed by atoms with Gasteiger partial charge in [0.25, 0.3) is 0 Å². The molecule has 3 rings (SSSR count). The van der Waals surface area contributed by atoms with Crippen LogP contribution in [-0.2, 0) is 11.2 Å². The van der Waals surface area contributed by atoms with Gasteiger partial charge in [0.05, 0.1) is 0 Å². The second-order valence-corrected chi connectivity index (χ2v) is 6.53. The molecule has 0 saturated heterocycles. The molecule has 0 spiro atoms. The van der Waals surface area contributed by atoms with Crippen molar-refractivity contribution in [2.45, 2.75) is 52.0 Å². The number of carbonyl (C=O) groups excluding carboxylic acids is 1. The first-order chi connectivity index (χ1) is 9.61. The van der Waals surface area contributed by atoms with Crippen LogP contribution in [0.4, 0.5) is 11.4 Å². The molecule has 1 aliphatic heterocycles. The van der Waals surface area contributed by atoms with E-state index in [9.17, 15) is 4.79 Å². The van der Waals surface area contributed by atoms with Gasteiger partial charge in [-0.05, 0) is 61.3 Å². The van der Waals surface area contributed by atoms with Crippen molar-refractivity contribution < 1.29 is 4.79 Å². The molecule has 1 heterocycles. The number of anilines is 2. The third kappa shape index (κ3) is 2.82. The van der Waals surface area contributed by atoms with Crippen molar-refractivity contribution in [3.8, 4) is 0 Å². The Labute approximate surface area is 121 Å². The number of benzene rings is 1. The number of hydrogen-bond donors (Lipinski definition) is 2. The molecular weight excluding hydrogens is 248 g/mol. The van der Waals surface area contributed by atoms with E-state index in [1.54, 1.807) is 0 Å². The third-order valence-electron chi connectivity index (χ3n) is 4.97. The first-order valence-corrected chi connectivity index (χ1v) is 7.81. The normalized spacial score (nSPS) is 29.5. The summed E-state index contributed by atoms with van der Waals surface area (Å²) in [5, 5.41) is 6.62. The highest BCUT2D eigenvalue weighted by Crippen LogP contribution is 2.32. The van der Waals surface area contributed by atoms with Crippen LogP contribution >= 0.6 is 0 Å². The summed E-state index contributed by atoms with van der Waals surface area (Å²) < 4.78 is 0. The smallest absolute Gasteiger partial charge is 0.224 e. The molecule has 1 aromatic carbocycles. The Morgan fingerprint density at radius 3 is 2.80 bits per heavy atom. The molecule has 3 atom stereocenters. The third-order valence-corrected chi connectivity index (χ3v) is 4.97. The summed E-state index contributed by atoms with van der Waals surface area (Å²) >= 11 is 0. The largest absolute Gasteiger partial charge is 0.382 e. The van der Waals surface area contributed by atoms with E-state index < -0.39 is 0 Å². The number of rotatable bonds is 2. The lowest BCUT2D eigenvalue weighted by molar-refractivity contribution is -0.116. The first kappa shape index (κ1) is 13.5. The van der Waals surface area contributed by atoms with Crippen molar-refractivity contribution in [1.82, 2.24) is 0 Å². The van der Waals surface area contributed by atoms with Crippen LogP contribution in [0.25, 0.3) is 0 Å². The minimum Gasteiger partial charge on any atom is -0.382 e. The van der Waals surface area contributed by atoms with E-state index in [0.29, 0.717) is 12.5 Å². The molecule has 1 aromatic rings. The number of hydrogen-bond acceptors (Lipinski definition) is 2. The Morgan fingerprint density at radius 2 is 2.00 bits per heavy atom. The van der Waals surface area contributed by atoms with Crippen molar-refractivity contribution in [2.24, 2.45) is 11.8 Å². The van der Waals surface area contributed by atoms with Gasteiger partial charge in [-0.25, -0.2) is 0 Å². The highest BCUT2D eigenvalue weighted by atomic mass is 16.1. The van der Waals surface area contributed by atoms with E-state index in [2.05, 4.69) is 36.6 Å². The van der Waals surface area contributed by atoms with E-state index >= 15 is 0 Å². The van der Waals surface area contributed by atoms with Gasteiger partial charge >= 0.3 is 0 Å².